The highest BCUT2D eigenvalue weighted by molar-refractivity contribution is 6.32. The normalized spacial score (nSPS) is 31.4. The van der Waals surface area contributed by atoms with Crippen LogP contribution in [0.1, 0.15) is 82.3 Å². The van der Waals surface area contributed by atoms with Crippen LogP contribution in [-0.2, 0) is 36.8 Å². The van der Waals surface area contributed by atoms with Gasteiger partial charge in [-0.2, -0.15) is 0 Å². The van der Waals surface area contributed by atoms with Gasteiger partial charge in [0.25, 0.3) is 0 Å². The quantitative estimate of drug-likeness (QED) is 0.437. The topological polar surface area (TPSA) is 143 Å². The molecule has 6 atom stereocenters. The van der Waals surface area contributed by atoms with Crippen LogP contribution in [0.2, 0.25) is 0 Å². The zero-order valence-electron chi connectivity index (χ0n) is 26.2. The molecular weight excluding hydrogens is 560 g/mol. The van der Waals surface area contributed by atoms with Gasteiger partial charge in [0, 0.05) is 24.2 Å². The van der Waals surface area contributed by atoms with Crippen molar-refractivity contribution < 1.29 is 39.0 Å². The van der Waals surface area contributed by atoms with E-state index in [1.54, 1.807) is 33.8 Å². The standard InChI is InChI=1S/C36H40O8/c1-7-8-22(38)15-20-9-11-21(12-10-20)23-13-14-25(39)27-24(23)16-34(5)17-35(6)28(18(2)3)30(40)26(19(4)37)32(42)36(35,44)33(43)29(34)31(27)41/h9-14,18,26,28-29,39,44H,7-8,15-17H2,1-6H3. The van der Waals surface area contributed by atoms with Crippen LogP contribution in [0.5, 0.6) is 5.75 Å². The van der Waals surface area contributed by atoms with Crippen LogP contribution in [0.3, 0.4) is 0 Å². The van der Waals surface area contributed by atoms with Crippen LogP contribution in [-0.4, -0.2) is 50.5 Å². The van der Waals surface area contributed by atoms with Gasteiger partial charge < -0.3 is 10.2 Å². The SMILES string of the molecule is CCCC(=O)Cc1ccc(-c2ccc(O)c3c2CC2(C)CC4(C)C(C(C)C)C(=O)C(C(C)=O)C(=O)C4(O)C(=O)C2C3=O)cc1. The van der Waals surface area contributed by atoms with E-state index in [0.29, 0.717) is 24.0 Å². The highest BCUT2D eigenvalue weighted by Crippen LogP contribution is 2.64. The molecule has 0 spiro atoms. The molecule has 2 aromatic carbocycles. The minimum absolute atomic E-state index is 0.00336. The maximum atomic E-state index is 14.4. The smallest absolute Gasteiger partial charge is 0.190 e. The van der Waals surface area contributed by atoms with Gasteiger partial charge in [0.1, 0.15) is 23.2 Å². The molecule has 232 valence electrons. The van der Waals surface area contributed by atoms with Crippen LogP contribution >= 0.6 is 0 Å². The summed E-state index contributed by atoms with van der Waals surface area (Å²) in [5, 5.41) is 23.1. The predicted molar refractivity (Wildman–Crippen MR) is 162 cm³/mol. The number of phenols is 1. The molecule has 44 heavy (non-hydrogen) atoms. The summed E-state index contributed by atoms with van der Waals surface area (Å²) in [6.45, 7) is 9.90. The number of benzene rings is 2. The van der Waals surface area contributed by atoms with Crippen molar-refractivity contribution in [3.8, 4) is 16.9 Å². The van der Waals surface area contributed by atoms with E-state index in [-0.39, 0.29) is 29.9 Å². The molecule has 0 radical (unpaired) electrons. The van der Waals surface area contributed by atoms with Crippen LogP contribution < -0.4 is 0 Å². The Morgan fingerprint density at radius 1 is 0.977 bits per heavy atom. The summed E-state index contributed by atoms with van der Waals surface area (Å²) >= 11 is 0. The van der Waals surface area contributed by atoms with Gasteiger partial charge in [-0.3, -0.25) is 28.8 Å². The monoisotopic (exact) mass is 600 g/mol. The van der Waals surface area contributed by atoms with E-state index in [4.69, 9.17) is 0 Å². The third-order valence-electron chi connectivity index (χ3n) is 10.5. The average molecular weight is 601 g/mol. The molecule has 0 heterocycles. The number of carbonyl (C=O) groups excluding carboxylic acids is 6. The number of Topliss-reactive ketones (excluding diaryl/α,β-unsaturated/α-hetero) is 6. The molecule has 2 aromatic rings. The molecule has 6 unspecified atom stereocenters. The molecular formula is C36H40O8. The molecule has 2 saturated carbocycles. The van der Waals surface area contributed by atoms with Crippen LogP contribution in [0, 0.1) is 34.5 Å². The van der Waals surface area contributed by atoms with E-state index in [2.05, 4.69) is 0 Å². The Hall–Kier alpha value is -3.78. The highest BCUT2D eigenvalue weighted by atomic mass is 16.3. The fourth-order valence-corrected chi connectivity index (χ4v) is 8.80. The first-order valence-corrected chi connectivity index (χ1v) is 15.4. The third-order valence-corrected chi connectivity index (χ3v) is 10.5. The lowest BCUT2D eigenvalue weighted by Gasteiger charge is -2.61. The Bertz CT molecular complexity index is 1620. The Balaban J connectivity index is 1.64. The lowest BCUT2D eigenvalue weighted by atomic mass is 9.40. The zero-order chi connectivity index (χ0) is 32.5. The van der Waals surface area contributed by atoms with E-state index in [1.807, 2.05) is 31.2 Å². The maximum absolute atomic E-state index is 14.4. The largest absolute Gasteiger partial charge is 0.507 e. The van der Waals surface area contributed by atoms with Gasteiger partial charge in [-0.05, 0) is 65.8 Å². The van der Waals surface area contributed by atoms with E-state index in [9.17, 15) is 39.0 Å². The molecule has 0 aromatic heterocycles. The second kappa shape index (κ2) is 10.7. The number of rotatable bonds is 7. The Morgan fingerprint density at radius 2 is 1.61 bits per heavy atom. The number of carbonyl (C=O) groups is 6. The Kier molecular flexibility index (Phi) is 7.68. The predicted octanol–water partition coefficient (Wildman–Crippen LogP) is 4.67. The number of hydrogen-bond acceptors (Lipinski definition) is 8. The van der Waals surface area contributed by atoms with E-state index in [1.165, 1.54) is 6.07 Å². The third kappa shape index (κ3) is 4.36. The second-order valence-electron chi connectivity index (χ2n) is 14.0. The van der Waals surface area contributed by atoms with Crippen LogP contribution in [0.15, 0.2) is 36.4 Å². The molecule has 5 rings (SSSR count). The lowest BCUT2D eigenvalue weighted by Crippen LogP contribution is -2.76. The van der Waals surface area contributed by atoms with Crippen molar-refractivity contribution in [2.75, 3.05) is 0 Å². The maximum Gasteiger partial charge on any atom is 0.190 e. The fraction of sp³-hybridized carbons (Fsp3) is 0.500. The van der Waals surface area contributed by atoms with Gasteiger partial charge in [-0.15, -0.1) is 0 Å². The van der Waals surface area contributed by atoms with Crippen molar-refractivity contribution in [2.24, 2.45) is 34.5 Å². The number of fused-ring (bicyclic) bond motifs is 3. The van der Waals surface area contributed by atoms with Gasteiger partial charge >= 0.3 is 0 Å². The van der Waals surface area contributed by atoms with Gasteiger partial charge in [-0.1, -0.05) is 65.0 Å². The highest BCUT2D eigenvalue weighted by Gasteiger charge is 2.76. The summed E-state index contributed by atoms with van der Waals surface area (Å²) in [5.41, 5.74) is -2.56. The average Bonchev–Trinajstić information content (AvgIpc) is 2.91. The summed E-state index contributed by atoms with van der Waals surface area (Å²) < 4.78 is 0. The van der Waals surface area contributed by atoms with Crippen molar-refractivity contribution in [3.63, 3.8) is 0 Å². The summed E-state index contributed by atoms with van der Waals surface area (Å²) in [7, 11) is 0. The van der Waals surface area contributed by atoms with Crippen molar-refractivity contribution in [2.45, 2.75) is 79.2 Å². The summed E-state index contributed by atoms with van der Waals surface area (Å²) in [6, 6.07) is 10.6. The molecule has 0 amide bonds. The molecule has 2 N–H and O–H groups in total. The summed E-state index contributed by atoms with van der Waals surface area (Å²) in [5.74, 6) is -8.99. The lowest BCUT2D eigenvalue weighted by molar-refractivity contribution is -0.205. The summed E-state index contributed by atoms with van der Waals surface area (Å²) in [6.07, 6.45) is 1.77. The molecule has 3 aliphatic rings. The van der Waals surface area contributed by atoms with E-state index in [0.717, 1.165) is 24.5 Å². The second-order valence-corrected chi connectivity index (χ2v) is 14.0. The van der Waals surface area contributed by atoms with Gasteiger partial charge in [-0.25, -0.2) is 0 Å². The minimum atomic E-state index is -2.72. The Labute approximate surface area is 257 Å². The van der Waals surface area contributed by atoms with Crippen molar-refractivity contribution in [1.29, 1.82) is 0 Å². The van der Waals surface area contributed by atoms with Crippen LogP contribution in [0.4, 0.5) is 0 Å². The number of aliphatic hydroxyl groups is 1. The van der Waals surface area contributed by atoms with Crippen molar-refractivity contribution in [3.05, 3.63) is 53.1 Å². The Morgan fingerprint density at radius 3 is 2.18 bits per heavy atom. The molecule has 8 heteroatoms. The number of hydrogen-bond donors (Lipinski definition) is 2. The fourth-order valence-electron chi connectivity index (χ4n) is 8.80. The van der Waals surface area contributed by atoms with E-state index >= 15 is 0 Å². The van der Waals surface area contributed by atoms with Crippen LogP contribution in [0.25, 0.3) is 11.1 Å². The minimum Gasteiger partial charge on any atom is -0.507 e. The van der Waals surface area contributed by atoms with Gasteiger partial charge in [0.15, 0.2) is 28.7 Å². The first-order chi connectivity index (χ1) is 20.5. The first-order valence-electron chi connectivity index (χ1n) is 15.4. The molecule has 2 fully saturated rings. The molecule has 3 aliphatic carbocycles. The van der Waals surface area contributed by atoms with Crippen molar-refractivity contribution in [1.82, 2.24) is 0 Å². The molecule has 0 aliphatic heterocycles. The zero-order valence-corrected chi connectivity index (χ0v) is 26.2. The molecule has 0 bridgehead atoms. The number of ketones is 6. The first kappa shape index (κ1) is 31.6. The van der Waals surface area contributed by atoms with Crippen molar-refractivity contribution >= 4 is 34.7 Å². The molecule has 0 saturated heterocycles. The van der Waals surface area contributed by atoms with Gasteiger partial charge in [0.05, 0.1) is 11.5 Å². The molecule has 8 nitrogen and oxygen atoms in total. The number of aromatic hydroxyl groups is 1. The van der Waals surface area contributed by atoms with E-state index < -0.39 is 69.0 Å². The summed E-state index contributed by atoms with van der Waals surface area (Å²) in [4.78, 5) is 80.8. The van der Waals surface area contributed by atoms with Gasteiger partial charge in [0.2, 0.25) is 0 Å². The number of phenolic OH excluding ortho intramolecular Hbond substituents is 1.